The Morgan fingerprint density at radius 2 is 0.640 bits per heavy atom. The smallest absolute Gasteiger partial charge is 0.530 e. The summed E-state index contributed by atoms with van der Waals surface area (Å²) in [4.78, 5) is 37.5. The van der Waals surface area contributed by atoms with Crippen molar-refractivity contribution in [2.75, 3.05) is 26.2 Å². The molecule has 0 aromatic rings. The number of carbonyl (C=O) groups is 4. The molecule has 0 bridgehead atoms. The molecule has 0 saturated carbocycles. The molecule has 0 heterocycles. The molecule has 0 aliphatic carbocycles. The summed E-state index contributed by atoms with van der Waals surface area (Å²) < 4.78 is 0. The summed E-state index contributed by atoms with van der Waals surface area (Å²) in [7, 11) is 0. The van der Waals surface area contributed by atoms with Gasteiger partial charge in [0.1, 0.15) is 24.4 Å². The van der Waals surface area contributed by atoms with Crippen LogP contribution in [0.2, 0.25) is 0 Å². The molecule has 4 amide bonds. The van der Waals surface area contributed by atoms with Gasteiger partial charge in [0.25, 0.3) is 0 Å². The zero-order valence-corrected chi connectivity index (χ0v) is 16.7. The van der Waals surface area contributed by atoms with Crippen molar-refractivity contribution in [3.8, 4) is 0 Å². The number of carboxylic acid groups (broad SMARTS) is 4. The van der Waals surface area contributed by atoms with E-state index in [9.17, 15) is 39.6 Å². The van der Waals surface area contributed by atoms with Crippen molar-refractivity contribution >= 4 is 24.4 Å². The van der Waals surface area contributed by atoms with Crippen molar-refractivity contribution in [2.24, 2.45) is 0 Å². The largest absolute Gasteiger partial charge is 4.00 e. The second kappa shape index (κ2) is 29.7. The molecule has 0 rings (SSSR count). The molecule has 0 radical (unpaired) electrons. The molecule has 150 valence electrons. The molecule has 0 unspecified atom stereocenters. The minimum Gasteiger partial charge on any atom is -0.530 e. The molecular weight excluding hydrogens is 523 g/mol. The Morgan fingerprint density at radius 3 is 0.640 bits per heavy atom. The molecule has 13 heteroatoms. The average molecular weight is 547 g/mol. The van der Waals surface area contributed by atoms with Crippen LogP contribution >= 0.6 is 0 Å². The number of amides is 4. The van der Waals surface area contributed by atoms with Gasteiger partial charge >= 0.3 is 21.1 Å². The number of hydrogen-bond donors (Lipinski definition) is 4. The van der Waals surface area contributed by atoms with Crippen molar-refractivity contribution in [1.82, 2.24) is 21.3 Å². The Bertz CT molecular complexity index is 281. The Labute approximate surface area is 160 Å². The summed E-state index contributed by atoms with van der Waals surface area (Å²) in [5, 5.41) is 45.6. The molecule has 0 spiro atoms. The van der Waals surface area contributed by atoms with Crippen molar-refractivity contribution in [2.45, 2.75) is 27.7 Å². The minimum atomic E-state index is -1.21. The first-order valence-electron chi connectivity index (χ1n) is 6.88. The number of rotatable bonds is 4. The Hall–Kier alpha value is -2.23. The van der Waals surface area contributed by atoms with E-state index in [0.29, 0.717) is 26.2 Å². The molecule has 0 aliphatic rings. The third-order valence-corrected chi connectivity index (χ3v) is 1.28. The monoisotopic (exact) mass is 547 g/mol. The molecular formula is C12H24N4O8Pt. The van der Waals surface area contributed by atoms with Crippen molar-refractivity contribution < 1.29 is 60.7 Å². The Kier molecular flexibility index (Phi) is 40.7. The first-order chi connectivity index (χ1) is 11.1. The fraction of sp³-hybridized carbons (Fsp3) is 0.667. The van der Waals surface area contributed by atoms with E-state index in [2.05, 4.69) is 0 Å². The zero-order chi connectivity index (χ0) is 20.0. The van der Waals surface area contributed by atoms with Crippen LogP contribution in [0.5, 0.6) is 0 Å². The normalized spacial score (nSPS) is 7.20. The van der Waals surface area contributed by atoms with Crippen LogP contribution in [0.25, 0.3) is 0 Å². The van der Waals surface area contributed by atoms with Gasteiger partial charge in [-0.1, -0.05) is 0 Å². The van der Waals surface area contributed by atoms with Gasteiger partial charge < -0.3 is 60.9 Å². The minimum absolute atomic E-state index is 0. The summed E-state index contributed by atoms with van der Waals surface area (Å²) >= 11 is 0. The van der Waals surface area contributed by atoms with Gasteiger partial charge in [-0.3, -0.25) is 0 Å². The summed E-state index contributed by atoms with van der Waals surface area (Å²) in [5.74, 6) is 0. The van der Waals surface area contributed by atoms with Gasteiger partial charge in [-0.25, -0.2) is 0 Å². The predicted molar refractivity (Wildman–Crippen MR) is 76.3 cm³/mol. The first kappa shape index (κ1) is 34.2. The summed E-state index contributed by atoms with van der Waals surface area (Å²) in [6.07, 6.45) is -4.84. The number of hydrogen-bond acceptors (Lipinski definition) is 8. The van der Waals surface area contributed by atoms with Gasteiger partial charge in [0.05, 0.1) is 0 Å². The Morgan fingerprint density at radius 1 is 0.520 bits per heavy atom. The van der Waals surface area contributed by atoms with Gasteiger partial charge in [-0.15, -0.1) is 0 Å². The van der Waals surface area contributed by atoms with Crippen LogP contribution in [0.15, 0.2) is 0 Å². The van der Waals surface area contributed by atoms with Crippen LogP contribution in [-0.4, -0.2) is 50.6 Å². The summed E-state index contributed by atoms with van der Waals surface area (Å²) in [6.45, 7) is 8.44. The average Bonchev–Trinajstić information content (AvgIpc) is 2.39. The van der Waals surface area contributed by atoms with Gasteiger partial charge in [-0.2, -0.15) is 0 Å². The number of carbonyl (C=O) groups excluding carboxylic acids is 4. The third-order valence-electron chi connectivity index (χ3n) is 1.28. The van der Waals surface area contributed by atoms with E-state index in [-0.39, 0.29) is 21.1 Å². The maximum absolute atomic E-state index is 9.38. The Balaban J connectivity index is -0.0000000702. The summed E-state index contributed by atoms with van der Waals surface area (Å²) in [6, 6.07) is 0. The quantitative estimate of drug-likeness (QED) is 0.270. The topological polar surface area (TPSA) is 209 Å². The van der Waals surface area contributed by atoms with Crippen LogP contribution in [0.3, 0.4) is 0 Å². The SMILES string of the molecule is CCNC(=O)[O-].CCNC(=O)[O-].CCNC(=O)[O-].CCNC(=O)[O-].[Pt+4]. The molecule has 4 N–H and O–H groups in total. The van der Waals surface area contributed by atoms with Gasteiger partial charge in [-0.05, 0) is 27.7 Å². The van der Waals surface area contributed by atoms with Gasteiger partial charge in [0.2, 0.25) is 0 Å². The third kappa shape index (κ3) is 89.2. The van der Waals surface area contributed by atoms with Crippen molar-refractivity contribution in [3.63, 3.8) is 0 Å². The predicted octanol–water partition coefficient (Wildman–Crippen LogP) is -4.25. The van der Waals surface area contributed by atoms with Crippen LogP contribution < -0.4 is 41.7 Å². The molecule has 0 atom stereocenters. The van der Waals surface area contributed by atoms with E-state index < -0.39 is 24.4 Å². The van der Waals surface area contributed by atoms with Crippen LogP contribution in [0.1, 0.15) is 27.7 Å². The van der Waals surface area contributed by atoms with Crippen LogP contribution in [0, 0.1) is 0 Å². The second-order valence-electron chi connectivity index (χ2n) is 3.27. The van der Waals surface area contributed by atoms with Crippen LogP contribution in [-0.2, 0) is 21.1 Å². The van der Waals surface area contributed by atoms with E-state index in [1.54, 1.807) is 27.7 Å². The zero-order valence-electron chi connectivity index (χ0n) is 14.4. The second-order valence-corrected chi connectivity index (χ2v) is 3.27. The van der Waals surface area contributed by atoms with E-state index in [0.717, 1.165) is 0 Å². The van der Waals surface area contributed by atoms with Crippen LogP contribution in [0.4, 0.5) is 19.2 Å². The van der Waals surface area contributed by atoms with E-state index in [4.69, 9.17) is 0 Å². The van der Waals surface area contributed by atoms with E-state index >= 15 is 0 Å². The van der Waals surface area contributed by atoms with Crippen molar-refractivity contribution in [3.05, 3.63) is 0 Å². The molecule has 25 heavy (non-hydrogen) atoms. The van der Waals surface area contributed by atoms with Gasteiger partial charge in [0.15, 0.2) is 0 Å². The maximum Gasteiger partial charge on any atom is 4.00 e. The van der Waals surface area contributed by atoms with E-state index in [1.807, 2.05) is 21.3 Å². The van der Waals surface area contributed by atoms with Crippen molar-refractivity contribution in [1.29, 1.82) is 0 Å². The molecule has 0 aromatic heterocycles. The molecule has 0 aromatic carbocycles. The van der Waals surface area contributed by atoms with Gasteiger partial charge in [0, 0.05) is 26.2 Å². The molecule has 0 fully saturated rings. The number of nitrogens with one attached hydrogen (secondary N) is 4. The molecule has 12 nitrogen and oxygen atoms in total. The standard InChI is InChI=1S/4C3H7NO2.Pt/c4*1-2-4-3(5)6;/h4*4H,2H2,1H3,(H,5,6);/q;;;;+4/p-4. The maximum atomic E-state index is 9.38. The fourth-order valence-corrected chi connectivity index (χ4v) is 0.577. The molecule has 0 aliphatic heterocycles. The summed E-state index contributed by atoms with van der Waals surface area (Å²) in [5.41, 5.74) is 0. The first-order valence-corrected chi connectivity index (χ1v) is 6.88. The van der Waals surface area contributed by atoms with E-state index in [1.165, 1.54) is 0 Å². The molecule has 0 saturated heterocycles. The fourth-order valence-electron chi connectivity index (χ4n) is 0.577.